The fourth-order valence-electron chi connectivity index (χ4n) is 11.9. The second-order valence-corrected chi connectivity index (χ2v) is 33.4. The Balaban J connectivity index is 0.775. The summed E-state index contributed by atoms with van der Waals surface area (Å²) in [5, 5.41) is 0. The van der Waals surface area contributed by atoms with Gasteiger partial charge in [-0.3, -0.25) is 0 Å². The molecule has 9 heterocycles. The molecule has 0 nitrogen and oxygen atoms in total. The third kappa shape index (κ3) is 19.9. The molecule has 0 saturated carbocycles. The second-order valence-electron chi connectivity index (χ2n) is 23.6. The highest BCUT2D eigenvalue weighted by atomic mass is 32.1. The SMILES string of the molecule is CCCCCCCCCCC(CCCCCCCC)c1ccc(-c2ccc(-c3ccc(-c4ccc(-c5ccc(-c6ccc(-c7ccc(-c8ccc(-c9ccc(C(CCCCCCCC)CCCCCCCCCC)s9)s8)s7)s6)s5)s4)s3)s2)s1. The van der Waals surface area contributed by atoms with Crippen molar-refractivity contribution in [3.8, 4) is 78.0 Å². The summed E-state index contributed by atoms with van der Waals surface area (Å²) in [6, 6.07) is 42.8. The van der Waals surface area contributed by atoms with Crippen LogP contribution in [0.2, 0.25) is 0 Å². The highest BCUT2D eigenvalue weighted by Gasteiger charge is 2.20. The molecule has 2 atom stereocenters. The summed E-state index contributed by atoms with van der Waals surface area (Å²) in [6.45, 7) is 9.29. The largest absolute Gasteiger partial charge is 0.139 e. The fraction of sp³-hybridized carbons (Fsp3) is 0.514. The summed E-state index contributed by atoms with van der Waals surface area (Å²) in [5.41, 5.74) is 0. The Morgan fingerprint density at radius 3 is 0.506 bits per heavy atom. The smallest absolute Gasteiger partial charge is 0.0449 e. The molecule has 9 rings (SSSR count). The Hall–Kier alpha value is -2.70. The molecule has 9 aromatic heterocycles. The zero-order valence-electron chi connectivity index (χ0n) is 50.8. The van der Waals surface area contributed by atoms with Gasteiger partial charge in [-0.2, -0.15) is 0 Å². The van der Waals surface area contributed by atoms with E-state index in [0.29, 0.717) is 0 Å². The van der Waals surface area contributed by atoms with E-state index in [2.05, 4.69) is 160 Å². The lowest BCUT2D eigenvalue weighted by Gasteiger charge is -2.15. The van der Waals surface area contributed by atoms with Gasteiger partial charge in [0.05, 0.1) is 0 Å². The van der Waals surface area contributed by atoms with Crippen molar-refractivity contribution in [1.29, 1.82) is 0 Å². The van der Waals surface area contributed by atoms with E-state index in [0.717, 1.165) is 11.8 Å². The first-order valence-electron chi connectivity index (χ1n) is 32.9. The van der Waals surface area contributed by atoms with Crippen LogP contribution in [0.15, 0.2) is 109 Å². The first kappa shape index (κ1) is 64.8. The number of rotatable bonds is 42. The Morgan fingerprint density at radius 2 is 0.325 bits per heavy atom. The van der Waals surface area contributed by atoms with Crippen molar-refractivity contribution in [2.24, 2.45) is 0 Å². The molecule has 0 bridgehead atoms. The second kappa shape index (κ2) is 35.9. The molecule has 0 N–H and O–H groups in total. The van der Waals surface area contributed by atoms with Crippen molar-refractivity contribution in [2.45, 2.75) is 245 Å². The normalized spacial score (nSPS) is 12.6. The minimum Gasteiger partial charge on any atom is -0.139 e. The average Bonchev–Trinajstić information content (AvgIpc) is 4.53. The zero-order valence-corrected chi connectivity index (χ0v) is 58.2. The van der Waals surface area contributed by atoms with Gasteiger partial charge in [0.15, 0.2) is 0 Å². The van der Waals surface area contributed by atoms with Gasteiger partial charge in [0, 0.05) is 87.8 Å². The Kier molecular flexibility index (Phi) is 28.0. The van der Waals surface area contributed by atoms with E-state index in [-0.39, 0.29) is 0 Å². The molecule has 9 heteroatoms. The summed E-state index contributed by atoms with van der Waals surface area (Å²) in [6.07, 6.45) is 44.5. The predicted molar refractivity (Wildman–Crippen MR) is 387 cm³/mol. The van der Waals surface area contributed by atoms with Gasteiger partial charge in [-0.05, 0) is 147 Å². The third-order valence-corrected chi connectivity index (χ3v) is 28.5. The van der Waals surface area contributed by atoms with E-state index in [1.165, 1.54) is 284 Å². The van der Waals surface area contributed by atoms with Gasteiger partial charge in [-0.15, -0.1) is 102 Å². The van der Waals surface area contributed by atoms with Crippen molar-refractivity contribution in [3.05, 3.63) is 119 Å². The molecule has 83 heavy (non-hydrogen) atoms. The van der Waals surface area contributed by atoms with Crippen LogP contribution in [0, 0.1) is 0 Å². The summed E-state index contributed by atoms with van der Waals surface area (Å²) in [7, 11) is 0. The van der Waals surface area contributed by atoms with Crippen LogP contribution in [-0.2, 0) is 0 Å². The molecular weight excluding hydrogens is 1180 g/mol. The van der Waals surface area contributed by atoms with Crippen molar-refractivity contribution >= 4 is 102 Å². The molecule has 0 aliphatic carbocycles. The van der Waals surface area contributed by atoms with Gasteiger partial charge < -0.3 is 0 Å². The minimum absolute atomic E-state index is 0.717. The molecule has 0 fully saturated rings. The molecule has 0 aliphatic rings. The quantitative estimate of drug-likeness (QED) is 0.0335. The number of thiophene rings is 9. The van der Waals surface area contributed by atoms with Crippen molar-refractivity contribution in [1.82, 2.24) is 0 Å². The van der Waals surface area contributed by atoms with Gasteiger partial charge in [-0.25, -0.2) is 0 Å². The van der Waals surface area contributed by atoms with Gasteiger partial charge in [-0.1, -0.05) is 207 Å². The van der Waals surface area contributed by atoms with Crippen LogP contribution in [0.3, 0.4) is 0 Å². The fourth-order valence-corrected chi connectivity index (χ4v) is 22.0. The lowest BCUT2D eigenvalue weighted by Crippen LogP contribution is -1.97. The summed E-state index contributed by atoms with van der Waals surface area (Å²) < 4.78 is 0. The average molecular weight is 1270 g/mol. The van der Waals surface area contributed by atoms with Crippen molar-refractivity contribution < 1.29 is 0 Å². The summed E-state index contributed by atoms with van der Waals surface area (Å²) in [4.78, 5) is 25.4. The highest BCUT2D eigenvalue weighted by molar-refractivity contribution is 7.32. The Bertz CT molecular complexity index is 2950. The van der Waals surface area contributed by atoms with E-state index in [1.807, 2.05) is 79.4 Å². The molecular formula is C74H96S9. The lowest BCUT2D eigenvalue weighted by molar-refractivity contribution is 0.488. The van der Waals surface area contributed by atoms with E-state index in [1.54, 1.807) is 9.75 Å². The molecule has 0 radical (unpaired) electrons. The van der Waals surface area contributed by atoms with Crippen molar-refractivity contribution in [2.75, 3.05) is 0 Å². The molecule has 446 valence electrons. The molecule has 0 saturated heterocycles. The maximum atomic E-state index is 2.49. The Morgan fingerprint density at radius 1 is 0.181 bits per heavy atom. The topological polar surface area (TPSA) is 0 Å². The van der Waals surface area contributed by atoms with Crippen LogP contribution < -0.4 is 0 Å². The molecule has 0 spiro atoms. The molecule has 9 aromatic rings. The van der Waals surface area contributed by atoms with E-state index in [9.17, 15) is 0 Å². The molecule has 2 unspecified atom stereocenters. The van der Waals surface area contributed by atoms with Crippen LogP contribution >= 0.6 is 102 Å². The molecule has 0 amide bonds. The van der Waals surface area contributed by atoms with Gasteiger partial charge in [0.25, 0.3) is 0 Å². The summed E-state index contributed by atoms with van der Waals surface area (Å²) in [5.74, 6) is 1.43. The minimum atomic E-state index is 0.717. The van der Waals surface area contributed by atoms with E-state index < -0.39 is 0 Å². The lowest BCUT2D eigenvalue weighted by atomic mass is 9.93. The third-order valence-electron chi connectivity index (χ3n) is 16.9. The van der Waals surface area contributed by atoms with Crippen LogP contribution in [0.4, 0.5) is 0 Å². The maximum Gasteiger partial charge on any atom is 0.0449 e. The van der Waals surface area contributed by atoms with Gasteiger partial charge in [0.2, 0.25) is 0 Å². The van der Waals surface area contributed by atoms with E-state index in [4.69, 9.17) is 0 Å². The first-order chi connectivity index (χ1) is 41.0. The first-order valence-corrected chi connectivity index (χ1v) is 40.3. The molecule has 0 aliphatic heterocycles. The highest BCUT2D eigenvalue weighted by Crippen LogP contribution is 2.49. The van der Waals surface area contributed by atoms with Crippen LogP contribution in [0.25, 0.3) is 78.0 Å². The van der Waals surface area contributed by atoms with Crippen LogP contribution in [-0.4, -0.2) is 0 Å². The monoisotopic (exact) mass is 1270 g/mol. The van der Waals surface area contributed by atoms with Crippen LogP contribution in [0.1, 0.15) is 255 Å². The predicted octanol–water partition coefficient (Wildman–Crippen LogP) is 30.3. The van der Waals surface area contributed by atoms with Gasteiger partial charge >= 0.3 is 0 Å². The zero-order chi connectivity index (χ0) is 57.3. The standard InChI is InChI=1S/C74H96S9/c1-5-9-13-17-21-23-27-31-35-55(33-29-25-19-15-11-7-3)57-37-39-59(75-57)61-41-43-63(77-61)65-45-47-67(79-65)69-49-51-71(81-69)73-53-54-74(83-73)72-52-50-70(82-72)68-48-46-66(80-68)64-44-42-62(78-64)60-40-38-58(76-60)56(34-30-26-20-16-12-8-4)36-32-28-24-22-18-14-10-6-2/h37-56H,5-36H2,1-4H3. The van der Waals surface area contributed by atoms with E-state index >= 15 is 0 Å². The van der Waals surface area contributed by atoms with Gasteiger partial charge in [0.1, 0.15) is 0 Å². The number of unbranched alkanes of at least 4 members (excludes halogenated alkanes) is 24. The maximum absolute atomic E-state index is 2.49. The number of hydrogen-bond acceptors (Lipinski definition) is 9. The summed E-state index contributed by atoms with van der Waals surface area (Å²) >= 11 is 17.8. The number of hydrogen-bond donors (Lipinski definition) is 0. The molecule has 0 aromatic carbocycles. The van der Waals surface area contributed by atoms with Crippen molar-refractivity contribution in [3.63, 3.8) is 0 Å². The Labute approximate surface area is 539 Å². The van der Waals surface area contributed by atoms with Crippen LogP contribution in [0.5, 0.6) is 0 Å².